The Morgan fingerprint density at radius 2 is 2.07 bits per heavy atom. The normalized spacial score (nSPS) is 9.93. The first kappa shape index (κ1) is 10.7. The van der Waals surface area contributed by atoms with Crippen molar-refractivity contribution in [3.8, 4) is 5.75 Å². The monoisotopic (exact) mass is 206 g/mol. The van der Waals surface area contributed by atoms with Gasteiger partial charge in [-0.3, -0.25) is 0 Å². The highest BCUT2D eigenvalue weighted by atomic mass is 28.3. The molecule has 2 nitrogen and oxygen atoms in total. The average molecular weight is 206 g/mol. The molecule has 1 rings (SSSR count). The Kier molecular flexibility index (Phi) is 3.65. The first-order valence-corrected chi connectivity index (χ1v) is 7.47. The largest absolute Gasteiger partial charge is 0.424 e. The van der Waals surface area contributed by atoms with Crippen LogP contribution in [0.5, 0.6) is 5.75 Å². The molecular formula is C11H14O2Si. The smallest absolute Gasteiger partial charge is 0.335 e. The van der Waals surface area contributed by atoms with Crippen LogP contribution in [0.3, 0.4) is 0 Å². The fraction of sp³-hybridized carbons (Fsp3) is 0.182. The summed E-state index contributed by atoms with van der Waals surface area (Å²) in [5, 5.41) is 1.17. The summed E-state index contributed by atoms with van der Waals surface area (Å²) in [6.45, 7) is 7.76. The second kappa shape index (κ2) is 4.76. The molecule has 0 saturated heterocycles. The van der Waals surface area contributed by atoms with E-state index in [-0.39, 0.29) is 0 Å². The maximum Gasteiger partial charge on any atom is 0.335 e. The molecule has 3 heteroatoms. The van der Waals surface area contributed by atoms with E-state index in [4.69, 9.17) is 4.74 Å². The van der Waals surface area contributed by atoms with Crippen LogP contribution in [-0.2, 0) is 4.79 Å². The van der Waals surface area contributed by atoms with Gasteiger partial charge in [0, 0.05) is 6.08 Å². The van der Waals surface area contributed by atoms with E-state index in [1.165, 1.54) is 11.3 Å². The van der Waals surface area contributed by atoms with E-state index >= 15 is 0 Å². The number of esters is 1. The van der Waals surface area contributed by atoms with E-state index in [1.54, 1.807) is 0 Å². The van der Waals surface area contributed by atoms with Crippen LogP contribution >= 0.6 is 0 Å². The third-order valence-corrected chi connectivity index (χ3v) is 3.64. The lowest BCUT2D eigenvalue weighted by Gasteiger charge is -2.10. The number of hydrogen-bond donors (Lipinski definition) is 0. The Morgan fingerprint density at radius 3 is 2.64 bits per heavy atom. The molecule has 0 saturated carbocycles. The van der Waals surface area contributed by atoms with Crippen molar-refractivity contribution in [2.45, 2.75) is 13.1 Å². The summed E-state index contributed by atoms with van der Waals surface area (Å²) in [5.74, 6) is 0.283. The molecule has 0 aromatic heterocycles. The molecule has 0 radical (unpaired) electrons. The van der Waals surface area contributed by atoms with Gasteiger partial charge in [0.25, 0.3) is 0 Å². The summed E-state index contributed by atoms with van der Waals surface area (Å²) in [4.78, 5) is 11.0. The Balaban J connectivity index is 2.95. The second-order valence-electron chi connectivity index (χ2n) is 3.32. The van der Waals surface area contributed by atoms with E-state index < -0.39 is 14.8 Å². The first-order chi connectivity index (χ1) is 6.65. The number of para-hydroxylation sites is 1. The molecule has 0 amide bonds. The van der Waals surface area contributed by atoms with Gasteiger partial charge in [-0.1, -0.05) is 37.9 Å². The Hall–Kier alpha value is -1.35. The van der Waals surface area contributed by atoms with E-state index in [0.717, 1.165) is 0 Å². The summed E-state index contributed by atoms with van der Waals surface area (Å²) < 4.78 is 5.13. The molecule has 0 unspecified atom stereocenters. The number of benzene rings is 1. The van der Waals surface area contributed by atoms with Crippen LogP contribution in [0, 0.1) is 0 Å². The quantitative estimate of drug-likeness (QED) is 0.324. The molecule has 0 bridgehead atoms. The van der Waals surface area contributed by atoms with Crippen LogP contribution in [-0.4, -0.2) is 14.8 Å². The fourth-order valence-corrected chi connectivity index (χ4v) is 2.42. The van der Waals surface area contributed by atoms with Crippen LogP contribution < -0.4 is 9.92 Å². The SMILES string of the molecule is C=CC(=O)Oc1ccccc1[SiH](C)C. The third-order valence-electron chi connectivity index (χ3n) is 1.92. The molecule has 0 aliphatic rings. The summed E-state index contributed by atoms with van der Waals surface area (Å²) in [5.41, 5.74) is 0. The zero-order chi connectivity index (χ0) is 10.6. The predicted octanol–water partition coefficient (Wildman–Crippen LogP) is 1.47. The van der Waals surface area contributed by atoms with Crippen LogP contribution in [0.1, 0.15) is 0 Å². The summed E-state index contributed by atoms with van der Waals surface area (Å²) in [7, 11) is -0.950. The molecule has 0 spiro atoms. The Labute approximate surface area is 85.8 Å². The standard InChI is InChI=1S/C11H14O2Si/c1-4-11(12)13-9-7-5-6-8-10(9)14(2)3/h4-8,14H,1H2,2-3H3. The van der Waals surface area contributed by atoms with Crippen molar-refractivity contribution in [2.75, 3.05) is 0 Å². The lowest BCUT2D eigenvalue weighted by molar-refractivity contribution is -0.128. The molecular weight excluding hydrogens is 192 g/mol. The summed E-state index contributed by atoms with van der Waals surface area (Å²) >= 11 is 0. The van der Waals surface area contributed by atoms with Gasteiger partial charge in [-0.2, -0.15) is 0 Å². The maximum absolute atomic E-state index is 11.0. The van der Waals surface area contributed by atoms with Crippen molar-refractivity contribution in [3.05, 3.63) is 36.9 Å². The maximum atomic E-state index is 11.0. The molecule has 0 fully saturated rings. The van der Waals surface area contributed by atoms with E-state index in [2.05, 4.69) is 19.7 Å². The molecule has 0 atom stereocenters. The molecule has 0 aliphatic carbocycles. The number of ether oxygens (including phenoxy) is 1. The summed E-state index contributed by atoms with van der Waals surface area (Å²) in [6.07, 6.45) is 1.18. The fourth-order valence-electron chi connectivity index (χ4n) is 1.20. The van der Waals surface area contributed by atoms with Gasteiger partial charge in [0.15, 0.2) is 0 Å². The van der Waals surface area contributed by atoms with Gasteiger partial charge >= 0.3 is 5.97 Å². The van der Waals surface area contributed by atoms with Crippen molar-refractivity contribution in [3.63, 3.8) is 0 Å². The van der Waals surface area contributed by atoms with Crippen molar-refractivity contribution in [1.82, 2.24) is 0 Å². The predicted molar refractivity (Wildman–Crippen MR) is 60.8 cm³/mol. The highest BCUT2D eigenvalue weighted by Crippen LogP contribution is 2.08. The van der Waals surface area contributed by atoms with Gasteiger partial charge in [-0.05, 0) is 11.3 Å². The van der Waals surface area contributed by atoms with E-state index in [0.29, 0.717) is 5.75 Å². The van der Waals surface area contributed by atoms with Crippen LogP contribution in [0.4, 0.5) is 0 Å². The topological polar surface area (TPSA) is 26.3 Å². The lowest BCUT2D eigenvalue weighted by Crippen LogP contribution is -2.25. The minimum atomic E-state index is -0.950. The van der Waals surface area contributed by atoms with Crippen LogP contribution in [0.25, 0.3) is 0 Å². The van der Waals surface area contributed by atoms with Crippen molar-refractivity contribution < 1.29 is 9.53 Å². The summed E-state index contributed by atoms with van der Waals surface area (Å²) in [6, 6.07) is 7.67. The highest BCUT2D eigenvalue weighted by molar-refractivity contribution is 6.71. The zero-order valence-electron chi connectivity index (χ0n) is 8.49. The average Bonchev–Trinajstić information content (AvgIpc) is 2.18. The van der Waals surface area contributed by atoms with Gasteiger partial charge in [-0.15, -0.1) is 0 Å². The highest BCUT2D eigenvalue weighted by Gasteiger charge is 2.09. The first-order valence-electron chi connectivity index (χ1n) is 4.58. The number of carbonyl (C=O) groups excluding carboxylic acids is 1. The minimum absolute atomic E-state index is 0.396. The van der Waals surface area contributed by atoms with Crippen LogP contribution in [0.2, 0.25) is 13.1 Å². The minimum Gasteiger partial charge on any atom is -0.424 e. The van der Waals surface area contributed by atoms with Crippen molar-refractivity contribution >= 4 is 20.0 Å². The molecule has 14 heavy (non-hydrogen) atoms. The molecule has 0 heterocycles. The Morgan fingerprint density at radius 1 is 1.43 bits per heavy atom. The van der Waals surface area contributed by atoms with Crippen molar-refractivity contribution in [2.24, 2.45) is 0 Å². The molecule has 0 aliphatic heterocycles. The second-order valence-corrected chi connectivity index (χ2v) is 6.25. The Bertz CT molecular complexity index is 345. The van der Waals surface area contributed by atoms with E-state index in [1.807, 2.05) is 24.3 Å². The van der Waals surface area contributed by atoms with E-state index in [9.17, 15) is 4.79 Å². The van der Waals surface area contributed by atoms with Gasteiger partial charge in [0.1, 0.15) is 5.75 Å². The van der Waals surface area contributed by atoms with Crippen molar-refractivity contribution in [1.29, 1.82) is 0 Å². The molecule has 1 aromatic rings. The van der Waals surface area contributed by atoms with Crippen LogP contribution in [0.15, 0.2) is 36.9 Å². The van der Waals surface area contributed by atoms with Gasteiger partial charge in [0.2, 0.25) is 0 Å². The molecule has 74 valence electrons. The number of rotatable bonds is 3. The zero-order valence-corrected chi connectivity index (χ0v) is 9.64. The third kappa shape index (κ3) is 2.57. The van der Waals surface area contributed by atoms with Gasteiger partial charge in [0.05, 0.1) is 8.80 Å². The molecule has 0 N–H and O–H groups in total. The van der Waals surface area contributed by atoms with Gasteiger partial charge in [-0.25, -0.2) is 4.79 Å². The lowest BCUT2D eigenvalue weighted by atomic mass is 10.3. The number of hydrogen-bond acceptors (Lipinski definition) is 2. The molecule has 1 aromatic carbocycles. The van der Waals surface area contributed by atoms with Gasteiger partial charge < -0.3 is 4.74 Å². The number of carbonyl (C=O) groups is 1.